The number of aromatic nitrogens is 2. The normalized spacial score (nSPS) is 28.4. The molecular weight excluding hydrogens is 191 g/mol. The van der Waals surface area contributed by atoms with Gasteiger partial charge >= 0.3 is 11.6 Å². The van der Waals surface area contributed by atoms with E-state index in [1.165, 1.54) is 4.57 Å². The Morgan fingerprint density at radius 3 is 3.36 bits per heavy atom. The number of fused-ring (bicyclic) bond motifs is 3. The van der Waals surface area contributed by atoms with E-state index in [2.05, 4.69) is 4.98 Å². The van der Waals surface area contributed by atoms with Gasteiger partial charge in [-0.3, -0.25) is 9.36 Å². The van der Waals surface area contributed by atoms with Crippen molar-refractivity contribution in [2.24, 2.45) is 0 Å². The van der Waals surface area contributed by atoms with Crippen molar-refractivity contribution in [1.82, 2.24) is 9.55 Å². The standard InChI is InChI=1S/C8H7FN2O3/c9-4-3-11-7-5(1-2-13-7)14-8(11)10-6(4)12/h3,5,7H,1-2H2/t5-,7+/m0/s1. The zero-order valence-corrected chi connectivity index (χ0v) is 7.14. The molecule has 1 aromatic heterocycles. The van der Waals surface area contributed by atoms with Gasteiger partial charge in [-0.1, -0.05) is 0 Å². The summed E-state index contributed by atoms with van der Waals surface area (Å²) in [6.45, 7) is 0.586. The lowest BCUT2D eigenvalue weighted by Gasteiger charge is -2.07. The first kappa shape index (κ1) is 7.93. The summed E-state index contributed by atoms with van der Waals surface area (Å²) in [4.78, 5) is 14.3. The molecule has 2 atom stereocenters. The Kier molecular flexibility index (Phi) is 1.44. The summed E-state index contributed by atoms with van der Waals surface area (Å²) in [6, 6.07) is 0.145. The third-order valence-electron chi connectivity index (χ3n) is 2.41. The average molecular weight is 198 g/mol. The van der Waals surface area contributed by atoms with Gasteiger partial charge in [0.25, 0.3) is 0 Å². The zero-order valence-electron chi connectivity index (χ0n) is 7.14. The van der Waals surface area contributed by atoms with Crippen LogP contribution in [-0.2, 0) is 4.74 Å². The lowest BCUT2D eigenvalue weighted by atomic mass is 10.3. The monoisotopic (exact) mass is 198 g/mol. The van der Waals surface area contributed by atoms with Crippen LogP contribution in [0.2, 0.25) is 0 Å². The fourth-order valence-electron chi connectivity index (χ4n) is 1.77. The highest BCUT2D eigenvalue weighted by molar-refractivity contribution is 5.08. The molecule has 3 rings (SSSR count). The van der Waals surface area contributed by atoms with Crippen LogP contribution in [0.4, 0.5) is 4.39 Å². The van der Waals surface area contributed by atoms with Gasteiger partial charge in [0.05, 0.1) is 12.8 Å². The van der Waals surface area contributed by atoms with Gasteiger partial charge < -0.3 is 9.47 Å². The molecule has 0 unspecified atom stereocenters. The molecule has 0 radical (unpaired) electrons. The molecule has 2 aliphatic heterocycles. The lowest BCUT2D eigenvalue weighted by Crippen LogP contribution is -2.16. The highest BCUT2D eigenvalue weighted by Gasteiger charge is 2.39. The van der Waals surface area contributed by atoms with E-state index in [1.54, 1.807) is 0 Å². The van der Waals surface area contributed by atoms with E-state index in [4.69, 9.17) is 9.47 Å². The molecule has 0 bridgehead atoms. The fourth-order valence-corrected chi connectivity index (χ4v) is 1.77. The van der Waals surface area contributed by atoms with Gasteiger partial charge in [-0.05, 0) is 0 Å². The molecule has 5 nitrogen and oxygen atoms in total. The van der Waals surface area contributed by atoms with Crippen molar-refractivity contribution < 1.29 is 13.9 Å². The predicted octanol–water partition coefficient (Wildman–Crippen LogP) is 0.0623. The van der Waals surface area contributed by atoms with E-state index in [0.29, 0.717) is 6.61 Å². The molecule has 2 aliphatic rings. The quantitative estimate of drug-likeness (QED) is 0.591. The minimum absolute atomic E-state index is 0.135. The molecule has 1 aromatic rings. The van der Waals surface area contributed by atoms with Gasteiger partial charge in [-0.15, -0.1) is 0 Å². The van der Waals surface area contributed by atoms with Crippen molar-refractivity contribution in [2.45, 2.75) is 18.8 Å². The van der Waals surface area contributed by atoms with E-state index >= 15 is 0 Å². The number of halogens is 1. The van der Waals surface area contributed by atoms with Crippen molar-refractivity contribution in [2.75, 3.05) is 6.61 Å². The Balaban J connectivity index is 2.15. The fraction of sp³-hybridized carbons (Fsp3) is 0.500. The molecule has 1 fully saturated rings. The second kappa shape index (κ2) is 2.54. The van der Waals surface area contributed by atoms with Gasteiger partial charge in [-0.25, -0.2) is 0 Å². The van der Waals surface area contributed by atoms with Crippen LogP contribution in [0.25, 0.3) is 0 Å². The Hall–Kier alpha value is -1.43. The van der Waals surface area contributed by atoms with Crippen LogP contribution in [0.5, 0.6) is 6.01 Å². The molecule has 0 spiro atoms. The summed E-state index contributed by atoms with van der Waals surface area (Å²) in [5, 5.41) is 0. The minimum Gasteiger partial charge on any atom is -0.456 e. The van der Waals surface area contributed by atoms with Crippen molar-refractivity contribution in [3.63, 3.8) is 0 Å². The van der Waals surface area contributed by atoms with Crippen LogP contribution < -0.4 is 10.3 Å². The second-order valence-corrected chi connectivity index (χ2v) is 3.29. The molecule has 3 heterocycles. The summed E-state index contributed by atoms with van der Waals surface area (Å²) in [7, 11) is 0. The molecule has 0 saturated carbocycles. The topological polar surface area (TPSA) is 53.4 Å². The Bertz CT molecular complexity index is 445. The summed E-state index contributed by atoms with van der Waals surface area (Å²) in [5.74, 6) is -0.881. The highest BCUT2D eigenvalue weighted by atomic mass is 19.1. The number of rotatable bonds is 0. The summed E-state index contributed by atoms with van der Waals surface area (Å²) < 4.78 is 25.0. The van der Waals surface area contributed by atoms with Gasteiger partial charge in [0.2, 0.25) is 5.82 Å². The first-order chi connectivity index (χ1) is 6.75. The van der Waals surface area contributed by atoms with Crippen molar-refractivity contribution in [1.29, 1.82) is 0 Å². The largest absolute Gasteiger partial charge is 0.456 e. The first-order valence-electron chi connectivity index (χ1n) is 4.32. The molecule has 0 N–H and O–H groups in total. The van der Waals surface area contributed by atoms with Gasteiger partial charge in [-0.2, -0.15) is 9.37 Å². The summed E-state index contributed by atoms with van der Waals surface area (Å²) in [5.41, 5.74) is -0.892. The Morgan fingerprint density at radius 1 is 1.64 bits per heavy atom. The number of hydrogen-bond acceptors (Lipinski definition) is 4. The lowest BCUT2D eigenvalue weighted by molar-refractivity contribution is 0.0395. The van der Waals surface area contributed by atoms with Crippen LogP contribution >= 0.6 is 0 Å². The maximum atomic E-state index is 12.9. The molecule has 0 amide bonds. The number of hydrogen-bond donors (Lipinski definition) is 0. The van der Waals surface area contributed by atoms with E-state index in [-0.39, 0.29) is 18.3 Å². The molecule has 0 aromatic carbocycles. The smallest absolute Gasteiger partial charge is 0.311 e. The second-order valence-electron chi connectivity index (χ2n) is 3.29. The van der Waals surface area contributed by atoms with Crippen LogP contribution in [0.3, 0.4) is 0 Å². The van der Waals surface area contributed by atoms with E-state index in [0.717, 1.165) is 12.6 Å². The van der Waals surface area contributed by atoms with Crippen molar-refractivity contribution in [3.05, 3.63) is 22.4 Å². The maximum Gasteiger partial charge on any atom is 0.311 e. The first-order valence-corrected chi connectivity index (χ1v) is 4.32. The van der Waals surface area contributed by atoms with E-state index in [1.807, 2.05) is 0 Å². The van der Waals surface area contributed by atoms with Crippen LogP contribution in [-0.4, -0.2) is 22.3 Å². The predicted molar refractivity (Wildman–Crippen MR) is 42.5 cm³/mol. The molecule has 6 heteroatoms. The van der Waals surface area contributed by atoms with Crippen molar-refractivity contribution >= 4 is 0 Å². The van der Waals surface area contributed by atoms with Crippen molar-refractivity contribution in [3.8, 4) is 6.01 Å². The van der Waals surface area contributed by atoms with Crippen LogP contribution in [0.15, 0.2) is 11.0 Å². The third-order valence-corrected chi connectivity index (χ3v) is 2.41. The van der Waals surface area contributed by atoms with Crippen LogP contribution in [0, 0.1) is 5.82 Å². The molecular formula is C8H7FN2O3. The van der Waals surface area contributed by atoms with E-state index < -0.39 is 11.4 Å². The summed E-state index contributed by atoms with van der Waals surface area (Å²) >= 11 is 0. The number of nitrogens with zero attached hydrogens (tertiary/aromatic N) is 2. The van der Waals surface area contributed by atoms with Crippen LogP contribution in [0.1, 0.15) is 12.6 Å². The average Bonchev–Trinajstić information content (AvgIpc) is 2.68. The molecule has 14 heavy (non-hydrogen) atoms. The molecule has 1 saturated heterocycles. The van der Waals surface area contributed by atoms with E-state index in [9.17, 15) is 9.18 Å². The maximum absolute atomic E-state index is 12.9. The molecule has 0 aliphatic carbocycles. The SMILES string of the molecule is O=c1nc2n(cc1F)[C@@H]1OCC[C@@H]1O2. The molecule has 74 valence electrons. The Labute approximate surface area is 78.1 Å². The summed E-state index contributed by atoms with van der Waals surface area (Å²) in [6.07, 6.45) is 1.36. The number of ether oxygens (including phenoxy) is 2. The van der Waals surface area contributed by atoms with Gasteiger partial charge in [0.1, 0.15) is 6.10 Å². The minimum atomic E-state index is -0.892. The zero-order chi connectivity index (χ0) is 9.71. The van der Waals surface area contributed by atoms with Gasteiger partial charge in [0, 0.05) is 6.42 Å². The third kappa shape index (κ3) is 0.913. The van der Waals surface area contributed by atoms with Gasteiger partial charge in [0.15, 0.2) is 6.23 Å². The highest BCUT2D eigenvalue weighted by Crippen LogP contribution is 2.35. The Morgan fingerprint density at radius 2 is 2.50 bits per heavy atom.